The van der Waals surface area contributed by atoms with E-state index in [0.29, 0.717) is 18.5 Å². The van der Waals surface area contributed by atoms with E-state index >= 15 is 0 Å². The van der Waals surface area contributed by atoms with Crippen LogP contribution < -0.4 is 5.73 Å². The Labute approximate surface area is 115 Å². The molecule has 1 aromatic rings. The summed E-state index contributed by atoms with van der Waals surface area (Å²) in [6, 6.07) is 5.80. The molecule has 0 bridgehead atoms. The van der Waals surface area contributed by atoms with Gasteiger partial charge in [0.2, 0.25) is 7.37 Å². The molecule has 0 amide bonds. The molecule has 0 aromatic heterocycles. The van der Waals surface area contributed by atoms with Gasteiger partial charge >= 0.3 is 6.15 Å². The van der Waals surface area contributed by atoms with Crippen molar-refractivity contribution in [1.29, 1.82) is 0 Å². The van der Waals surface area contributed by atoms with Gasteiger partial charge in [0, 0.05) is 24.5 Å². The van der Waals surface area contributed by atoms with Gasteiger partial charge in [0.05, 0.1) is 4.92 Å². The lowest BCUT2D eigenvalue weighted by Crippen LogP contribution is -2.03. The van der Waals surface area contributed by atoms with Crippen molar-refractivity contribution in [3.8, 4) is 0 Å². The Morgan fingerprint density at radius 3 is 2.50 bits per heavy atom. The second-order valence-corrected chi connectivity index (χ2v) is 6.34. The minimum Gasteiger partial charge on any atom is -0.344 e. The second kappa shape index (κ2) is 9.12. The fourth-order valence-corrected chi connectivity index (χ4v) is 3.07. The van der Waals surface area contributed by atoms with Gasteiger partial charge in [0.1, 0.15) is 0 Å². The van der Waals surface area contributed by atoms with Gasteiger partial charge in [-0.1, -0.05) is 12.1 Å². The standard InChI is InChI=1S/C10H15N2O4P.CO2/c11-5-2-6-17(15,16)8-9-3-1-4-10(7-9)12(13)14;2-1-3/h1,3-4,7H,2,5-6,8,11H2,(H,15,16);. The topological polar surface area (TPSA) is 141 Å². The first-order valence-corrected chi connectivity index (χ1v) is 7.63. The van der Waals surface area contributed by atoms with Crippen molar-refractivity contribution in [3.63, 3.8) is 0 Å². The largest absolute Gasteiger partial charge is 0.373 e. The van der Waals surface area contributed by atoms with Gasteiger partial charge in [0.25, 0.3) is 5.69 Å². The molecule has 0 saturated carbocycles. The Hall–Kier alpha value is -1.85. The molecule has 0 radical (unpaired) electrons. The maximum atomic E-state index is 11.8. The summed E-state index contributed by atoms with van der Waals surface area (Å²) in [6.45, 7) is 0.361. The van der Waals surface area contributed by atoms with Crippen molar-refractivity contribution in [2.45, 2.75) is 12.6 Å². The zero-order chi connectivity index (χ0) is 15.6. The molecule has 110 valence electrons. The molecule has 20 heavy (non-hydrogen) atoms. The van der Waals surface area contributed by atoms with E-state index in [1.54, 1.807) is 6.07 Å². The van der Waals surface area contributed by atoms with Gasteiger partial charge < -0.3 is 10.6 Å². The van der Waals surface area contributed by atoms with Crippen LogP contribution in [0, 0.1) is 10.1 Å². The van der Waals surface area contributed by atoms with E-state index in [0.717, 1.165) is 0 Å². The molecule has 1 unspecified atom stereocenters. The first-order chi connectivity index (χ1) is 9.36. The van der Waals surface area contributed by atoms with Crippen LogP contribution >= 0.6 is 7.37 Å². The van der Waals surface area contributed by atoms with Crippen molar-refractivity contribution in [1.82, 2.24) is 0 Å². The van der Waals surface area contributed by atoms with Crippen LogP contribution in [0.4, 0.5) is 5.69 Å². The number of nitrogens with zero attached hydrogens (tertiary/aromatic N) is 1. The highest BCUT2D eigenvalue weighted by molar-refractivity contribution is 7.57. The number of carbonyl (C=O) groups excluding carboxylic acids is 2. The molecule has 3 N–H and O–H groups in total. The minimum absolute atomic E-state index is 0.0469. The highest BCUT2D eigenvalue weighted by atomic mass is 31.2. The minimum atomic E-state index is -3.28. The van der Waals surface area contributed by atoms with Gasteiger partial charge in [0.15, 0.2) is 0 Å². The molecule has 9 heteroatoms. The maximum absolute atomic E-state index is 11.8. The summed E-state index contributed by atoms with van der Waals surface area (Å²) in [5.41, 5.74) is 5.71. The lowest BCUT2D eigenvalue weighted by atomic mass is 10.2. The fourth-order valence-electron chi connectivity index (χ4n) is 1.47. The predicted octanol–water partition coefficient (Wildman–Crippen LogP) is 1.13. The molecule has 1 rings (SSSR count). The van der Waals surface area contributed by atoms with Gasteiger partial charge in [-0.15, -0.1) is 0 Å². The Bertz CT molecular complexity index is 527. The average Bonchev–Trinajstić information content (AvgIpc) is 2.37. The summed E-state index contributed by atoms with van der Waals surface area (Å²) in [4.78, 5) is 35.9. The number of non-ortho nitro benzene ring substituents is 1. The Balaban J connectivity index is 0.00000110. The third-order valence-corrected chi connectivity index (χ3v) is 4.14. The number of benzene rings is 1. The first kappa shape index (κ1) is 18.1. The number of rotatable bonds is 6. The van der Waals surface area contributed by atoms with E-state index in [1.165, 1.54) is 18.2 Å². The number of hydrogen-bond donors (Lipinski definition) is 2. The lowest BCUT2D eigenvalue weighted by molar-refractivity contribution is -0.384. The van der Waals surface area contributed by atoms with Crippen molar-refractivity contribution in [2.24, 2.45) is 5.73 Å². The third-order valence-electron chi connectivity index (χ3n) is 2.26. The molecule has 0 fully saturated rings. The van der Waals surface area contributed by atoms with Gasteiger partial charge in [-0.05, 0) is 18.5 Å². The van der Waals surface area contributed by atoms with E-state index in [1.807, 2.05) is 0 Å². The van der Waals surface area contributed by atoms with E-state index in [4.69, 9.17) is 15.3 Å². The van der Waals surface area contributed by atoms with E-state index in [2.05, 4.69) is 0 Å². The molecule has 1 aromatic carbocycles. The van der Waals surface area contributed by atoms with E-state index < -0.39 is 12.3 Å². The molecule has 8 nitrogen and oxygen atoms in total. The number of hydrogen-bond acceptors (Lipinski definition) is 6. The molecular formula is C11H15N2O6P. The summed E-state index contributed by atoms with van der Waals surface area (Å²) in [5.74, 6) is 0. The summed E-state index contributed by atoms with van der Waals surface area (Å²) >= 11 is 0. The molecule has 0 heterocycles. The number of nitro benzene ring substituents is 1. The van der Waals surface area contributed by atoms with Crippen LogP contribution in [-0.2, 0) is 20.3 Å². The van der Waals surface area contributed by atoms with Crippen LogP contribution in [0.5, 0.6) is 0 Å². The van der Waals surface area contributed by atoms with Crippen molar-refractivity contribution >= 4 is 19.2 Å². The summed E-state index contributed by atoms with van der Waals surface area (Å²) in [5, 5.41) is 10.5. The second-order valence-electron chi connectivity index (χ2n) is 3.88. The van der Waals surface area contributed by atoms with Crippen LogP contribution in [0.2, 0.25) is 0 Å². The highest BCUT2D eigenvalue weighted by Gasteiger charge is 2.19. The Morgan fingerprint density at radius 2 is 2.00 bits per heavy atom. The van der Waals surface area contributed by atoms with Crippen LogP contribution in [0.3, 0.4) is 0 Å². The van der Waals surface area contributed by atoms with Crippen LogP contribution in [-0.4, -0.2) is 28.7 Å². The SMILES string of the molecule is NCCCP(=O)(O)Cc1cccc([N+](=O)[O-])c1.O=C=O. The molecule has 0 spiro atoms. The summed E-state index contributed by atoms with van der Waals surface area (Å²) < 4.78 is 11.8. The molecule has 0 aliphatic heterocycles. The first-order valence-electron chi connectivity index (χ1n) is 5.60. The third kappa shape index (κ3) is 7.56. The zero-order valence-electron chi connectivity index (χ0n) is 10.6. The molecule has 1 atom stereocenters. The predicted molar refractivity (Wildman–Crippen MR) is 70.2 cm³/mol. The van der Waals surface area contributed by atoms with E-state index in [-0.39, 0.29) is 24.2 Å². The van der Waals surface area contributed by atoms with Crippen LogP contribution in [0.25, 0.3) is 0 Å². The molecule has 0 aliphatic carbocycles. The summed E-state index contributed by atoms with van der Waals surface area (Å²) in [6.07, 6.45) is 0.823. The molecular weight excluding hydrogens is 287 g/mol. The lowest BCUT2D eigenvalue weighted by Gasteiger charge is -2.10. The fraction of sp³-hybridized carbons (Fsp3) is 0.364. The van der Waals surface area contributed by atoms with Crippen LogP contribution in [0.1, 0.15) is 12.0 Å². The molecule has 0 aliphatic rings. The normalized spacial score (nSPS) is 12.5. The highest BCUT2D eigenvalue weighted by Crippen LogP contribution is 2.45. The monoisotopic (exact) mass is 302 g/mol. The summed E-state index contributed by atoms with van der Waals surface area (Å²) in [7, 11) is -3.28. The Kier molecular flexibility index (Phi) is 8.27. The van der Waals surface area contributed by atoms with Crippen molar-refractivity contribution in [2.75, 3.05) is 12.7 Å². The maximum Gasteiger partial charge on any atom is 0.373 e. The Morgan fingerprint density at radius 1 is 1.40 bits per heavy atom. The van der Waals surface area contributed by atoms with Gasteiger partial charge in [-0.3, -0.25) is 14.7 Å². The van der Waals surface area contributed by atoms with Gasteiger partial charge in [-0.2, -0.15) is 9.59 Å². The smallest absolute Gasteiger partial charge is 0.344 e. The number of nitro groups is 1. The quantitative estimate of drug-likeness (QED) is 0.455. The average molecular weight is 302 g/mol. The van der Waals surface area contributed by atoms with Crippen molar-refractivity contribution in [3.05, 3.63) is 39.9 Å². The van der Waals surface area contributed by atoms with Crippen LogP contribution in [0.15, 0.2) is 24.3 Å². The molecule has 0 saturated heterocycles. The number of nitrogens with two attached hydrogens (primary N) is 1. The zero-order valence-corrected chi connectivity index (χ0v) is 11.5. The van der Waals surface area contributed by atoms with Gasteiger partial charge in [-0.25, -0.2) is 0 Å². The van der Waals surface area contributed by atoms with Crippen molar-refractivity contribution < 1.29 is 24.0 Å². The van der Waals surface area contributed by atoms with E-state index in [9.17, 15) is 19.6 Å².